The van der Waals surface area contributed by atoms with Crippen molar-refractivity contribution in [2.45, 2.75) is 19.3 Å². The maximum Gasteiger partial charge on any atom is 0.329 e. The number of nitrogens with one attached hydrogen (secondary N) is 1. The third-order valence-electron chi connectivity index (χ3n) is 2.65. The number of carboxylic acid groups (broad SMARTS) is 1. The van der Waals surface area contributed by atoms with E-state index in [1.54, 1.807) is 12.1 Å². The van der Waals surface area contributed by atoms with Gasteiger partial charge in [0.25, 0.3) is 0 Å². The van der Waals surface area contributed by atoms with E-state index in [0.717, 1.165) is 12.0 Å². The van der Waals surface area contributed by atoms with Gasteiger partial charge in [-0.2, -0.15) is 0 Å². The molecule has 5 nitrogen and oxygen atoms in total. The molecule has 1 aromatic carbocycles. The van der Waals surface area contributed by atoms with Crippen LogP contribution < -0.4 is 5.32 Å². The van der Waals surface area contributed by atoms with Crippen molar-refractivity contribution in [3.63, 3.8) is 0 Å². The Hall–Kier alpha value is -1.30. The first kappa shape index (κ1) is 17.8. The molecule has 0 aromatic heterocycles. The number of aliphatic carboxylic acids is 1. The molecule has 21 heavy (non-hydrogen) atoms. The summed E-state index contributed by atoms with van der Waals surface area (Å²) >= 11 is 11.7. The lowest BCUT2D eigenvalue weighted by atomic mass is 10.1. The highest BCUT2D eigenvalue weighted by Gasteiger charge is 2.03. The summed E-state index contributed by atoms with van der Waals surface area (Å²) in [6.07, 6.45) is 1.82. The smallest absolute Gasteiger partial charge is 0.329 e. The lowest BCUT2D eigenvalue weighted by Crippen LogP contribution is -2.27. The third kappa shape index (κ3) is 7.90. The van der Waals surface area contributed by atoms with Crippen LogP contribution in [-0.2, 0) is 20.7 Å². The van der Waals surface area contributed by atoms with E-state index in [1.165, 1.54) is 0 Å². The minimum Gasteiger partial charge on any atom is -0.480 e. The van der Waals surface area contributed by atoms with Crippen LogP contribution >= 0.6 is 23.2 Å². The molecule has 1 aromatic rings. The van der Waals surface area contributed by atoms with Gasteiger partial charge in [-0.3, -0.25) is 4.79 Å². The van der Waals surface area contributed by atoms with Crippen molar-refractivity contribution >= 4 is 35.1 Å². The summed E-state index contributed by atoms with van der Waals surface area (Å²) in [4.78, 5) is 21.7. The van der Waals surface area contributed by atoms with Crippen LogP contribution in [0.15, 0.2) is 18.2 Å². The number of carboxylic acids is 1. The fourth-order valence-corrected chi connectivity index (χ4v) is 1.98. The fourth-order valence-electron chi connectivity index (χ4n) is 1.66. The van der Waals surface area contributed by atoms with Gasteiger partial charge in [-0.05, 0) is 30.5 Å². The number of benzene rings is 1. The molecule has 0 saturated carbocycles. The van der Waals surface area contributed by atoms with E-state index in [4.69, 9.17) is 33.0 Å². The zero-order valence-electron chi connectivity index (χ0n) is 11.4. The van der Waals surface area contributed by atoms with E-state index in [-0.39, 0.29) is 19.1 Å². The maximum atomic E-state index is 11.5. The van der Waals surface area contributed by atoms with Gasteiger partial charge in [0.05, 0.1) is 16.7 Å². The zero-order valence-corrected chi connectivity index (χ0v) is 12.9. The zero-order chi connectivity index (χ0) is 15.7. The highest BCUT2D eigenvalue weighted by Crippen LogP contribution is 2.23. The van der Waals surface area contributed by atoms with Crippen LogP contribution in [-0.4, -0.2) is 36.7 Å². The van der Waals surface area contributed by atoms with Crippen LogP contribution in [0.1, 0.15) is 18.4 Å². The molecule has 0 atom stereocenters. The molecule has 0 bridgehead atoms. The van der Waals surface area contributed by atoms with Gasteiger partial charge < -0.3 is 15.2 Å². The van der Waals surface area contributed by atoms with Crippen molar-refractivity contribution in [2.75, 3.05) is 19.8 Å². The third-order valence-corrected chi connectivity index (χ3v) is 3.39. The largest absolute Gasteiger partial charge is 0.480 e. The molecule has 1 rings (SSSR count). The number of hydrogen-bond acceptors (Lipinski definition) is 3. The van der Waals surface area contributed by atoms with E-state index in [2.05, 4.69) is 5.32 Å². The molecule has 0 saturated heterocycles. The number of amides is 1. The second kappa shape index (κ2) is 9.60. The monoisotopic (exact) mass is 333 g/mol. The quantitative estimate of drug-likeness (QED) is 0.681. The van der Waals surface area contributed by atoms with Crippen LogP contribution in [0.3, 0.4) is 0 Å². The fraction of sp³-hybridized carbons (Fsp3) is 0.429. The summed E-state index contributed by atoms with van der Waals surface area (Å²) in [5.74, 6) is -1.11. The van der Waals surface area contributed by atoms with Crippen LogP contribution in [0.4, 0.5) is 0 Å². The average molecular weight is 334 g/mol. The summed E-state index contributed by atoms with van der Waals surface area (Å²) in [5.41, 5.74) is 1.03. The molecule has 0 heterocycles. The molecule has 0 aliphatic heterocycles. The number of carbonyl (C=O) groups excluding carboxylic acids is 1. The minimum absolute atomic E-state index is 0.0889. The number of hydrogen-bond donors (Lipinski definition) is 2. The molecular weight excluding hydrogens is 317 g/mol. The summed E-state index contributed by atoms with van der Waals surface area (Å²) in [7, 11) is 0. The maximum absolute atomic E-state index is 11.5. The molecular formula is C14H17Cl2NO4. The Balaban J connectivity index is 2.13. The van der Waals surface area contributed by atoms with Gasteiger partial charge in [0.2, 0.25) is 5.91 Å². The summed E-state index contributed by atoms with van der Waals surface area (Å²) in [5, 5.41) is 12.0. The van der Waals surface area contributed by atoms with Crippen molar-refractivity contribution in [1.29, 1.82) is 0 Å². The lowest BCUT2D eigenvalue weighted by molar-refractivity contribution is -0.142. The van der Waals surface area contributed by atoms with Gasteiger partial charge in [0.15, 0.2) is 0 Å². The van der Waals surface area contributed by atoms with Crippen molar-refractivity contribution < 1.29 is 19.4 Å². The van der Waals surface area contributed by atoms with Crippen molar-refractivity contribution in [3.8, 4) is 0 Å². The first-order valence-electron chi connectivity index (χ1n) is 6.49. The molecule has 0 aliphatic rings. The predicted octanol–water partition coefficient (Wildman–Crippen LogP) is 2.53. The molecule has 7 heteroatoms. The van der Waals surface area contributed by atoms with Crippen LogP contribution in [0, 0.1) is 0 Å². The number of ether oxygens (including phenoxy) is 1. The predicted molar refractivity (Wildman–Crippen MR) is 80.9 cm³/mol. The summed E-state index contributed by atoms with van der Waals surface area (Å²) < 4.78 is 4.80. The lowest BCUT2D eigenvalue weighted by Gasteiger charge is -2.06. The second-order valence-corrected chi connectivity index (χ2v) is 5.21. The van der Waals surface area contributed by atoms with Crippen LogP contribution in [0.25, 0.3) is 0 Å². The van der Waals surface area contributed by atoms with Crippen LogP contribution in [0.2, 0.25) is 10.0 Å². The normalized spacial score (nSPS) is 10.4. The highest BCUT2D eigenvalue weighted by atomic mass is 35.5. The Morgan fingerprint density at radius 2 is 2.00 bits per heavy atom. The Labute approximate surface area is 133 Å². The number of halogens is 2. The van der Waals surface area contributed by atoms with Gasteiger partial charge >= 0.3 is 5.97 Å². The summed E-state index contributed by atoms with van der Waals surface area (Å²) in [6, 6.07) is 5.41. The summed E-state index contributed by atoms with van der Waals surface area (Å²) in [6.45, 7) is 0.136. The number of aryl methyl sites for hydroxylation is 1. The number of rotatable bonds is 9. The average Bonchev–Trinajstić information content (AvgIpc) is 2.42. The molecule has 116 valence electrons. The van der Waals surface area contributed by atoms with Crippen molar-refractivity contribution in [3.05, 3.63) is 33.8 Å². The van der Waals surface area contributed by atoms with Gasteiger partial charge in [-0.1, -0.05) is 29.3 Å². The Morgan fingerprint density at radius 1 is 1.24 bits per heavy atom. The van der Waals surface area contributed by atoms with E-state index in [9.17, 15) is 9.59 Å². The second-order valence-electron chi connectivity index (χ2n) is 4.40. The standard InChI is InChI=1S/C14H17Cl2NO4/c15-11-5-4-10(8-12(11)16)2-1-3-13(18)17-6-7-21-9-14(19)20/h4-5,8H,1-3,6-7,9H2,(H,17,18)(H,19,20). The van der Waals surface area contributed by atoms with E-state index in [1.807, 2.05) is 6.07 Å². The molecule has 1 amide bonds. The van der Waals surface area contributed by atoms with Crippen molar-refractivity contribution in [1.82, 2.24) is 5.32 Å². The molecule has 0 fully saturated rings. The Bertz CT molecular complexity index is 494. The SMILES string of the molecule is O=C(O)COCCNC(=O)CCCc1ccc(Cl)c(Cl)c1. The number of carbonyl (C=O) groups is 2. The Kier molecular flexibility index (Phi) is 8.12. The van der Waals surface area contributed by atoms with Gasteiger partial charge in [0.1, 0.15) is 6.61 Å². The van der Waals surface area contributed by atoms with E-state index >= 15 is 0 Å². The molecule has 0 spiro atoms. The first-order valence-corrected chi connectivity index (χ1v) is 7.25. The van der Waals surface area contributed by atoms with Gasteiger partial charge in [0, 0.05) is 13.0 Å². The van der Waals surface area contributed by atoms with Gasteiger partial charge in [-0.25, -0.2) is 4.79 Å². The molecule has 2 N–H and O–H groups in total. The molecule has 0 unspecified atom stereocenters. The topological polar surface area (TPSA) is 75.6 Å². The molecule has 0 radical (unpaired) electrons. The van der Waals surface area contributed by atoms with E-state index < -0.39 is 5.97 Å². The minimum atomic E-state index is -1.03. The molecule has 0 aliphatic carbocycles. The van der Waals surface area contributed by atoms with E-state index in [0.29, 0.717) is 29.4 Å². The first-order chi connectivity index (χ1) is 9.99. The highest BCUT2D eigenvalue weighted by molar-refractivity contribution is 6.42. The van der Waals surface area contributed by atoms with Gasteiger partial charge in [-0.15, -0.1) is 0 Å². The van der Waals surface area contributed by atoms with Crippen molar-refractivity contribution in [2.24, 2.45) is 0 Å². The Morgan fingerprint density at radius 3 is 2.67 bits per heavy atom. The van der Waals surface area contributed by atoms with Crippen LogP contribution in [0.5, 0.6) is 0 Å².